The highest BCUT2D eigenvalue weighted by Crippen LogP contribution is 2.69. The average Bonchev–Trinajstić information content (AvgIpc) is 2.78. The number of nitrogens with zero attached hydrogens (tertiary/aromatic N) is 4. The van der Waals surface area contributed by atoms with E-state index in [2.05, 4.69) is 89.4 Å². The number of methoxy groups -OCH3 is 1. The number of nitrogens with one attached hydrogen (secondary N) is 2. The molecule has 7 heterocycles. The van der Waals surface area contributed by atoms with E-state index in [4.69, 9.17) is 18.9 Å². The predicted molar refractivity (Wildman–Crippen MR) is 288 cm³/mol. The zero-order chi connectivity index (χ0) is 54.8. The molecular formula is C59H82N6O12. The minimum absolute atomic E-state index is 0.0360. The first-order chi connectivity index (χ1) is 36.9. The zero-order valence-corrected chi connectivity index (χ0v) is 46.1. The molecule has 6 N–H and O–H groups in total. The molecule has 7 aliphatic rings. The van der Waals surface area contributed by atoms with Crippen LogP contribution in [0.1, 0.15) is 127 Å². The van der Waals surface area contributed by atoms with Crippen LogP contribution in [0.5, 0.6) is 0 Å². The van der Waals surface area contributed by atoms with E-state index in [0.29, 0.717) is 45.2 Å². The summed E-state index contributed by atoms with van der Waals surface area (Å²) in [5.41, 5.74) is 2.54. The Balaban J connectivity index is 0.904. The molecule has 1 aliphatic carbocycles. The molecule has 77 heavy (non-hydrogen) atoms. The van der Waals surface area contributed by atoms with Crippen LogP contribution in [0.3, 0.4) is 0 Å². The Morgan fingerprint density at radius 1 is 0.987 bits per heavy atom. The number of benzene rings is 2. The lowest BCUT2D eigenvalue weighted by Gasteiger charge is -2.61. The van der Waals surface area contributed by atoms with Gasteiger partial charge in [0.15, 0.2) is 11.9 Å². The molecule has 3 aromatic rings. The Kier molecular flexibility index (Phi) is 15.3. The van der Waals surface area contributed by atoms with Gasteiger partial charge >= 0.3 is 11.9 Å². The summed E-state index contributed by atoms with van der Waals surface area (Å²) in [5, 5.41) is 55.1. The number of ether oxygens (including phenoxy) is 4. The maximum Gasteiger partial charge on any atom is 0.328 e. The predicted octanol–water partition coefficient (Wildman–Crippen LogP) is 4.43. The molecule has 1 aromatic heterocycles. The fourth-order valence-corrected chi connectivity index (χ4v) is 15.6. The van der Waals surface area contributed by atoms with Crippen LogP contribution in [0.15, 0.2) is 48.6 Å². The van der Waals surface area contributed by atoms with Gasteiger partial charge in [-0.05, 0) is 119 Å². The lowest BCUT2D eigenvalue weighted by Crippen LogP contribution is -2.78. The number of fused-ring (bicyclic) bond motifs is 7. The van der Waals surface area contributed by atoms with E-state index in [1.165, 1.54) is 36.2 Å². The topological polar surface area (TPSA) is 227 Å². The van der Waals surface area contributed by atoms with Crippen molar-refractivity contribution in [3.05, 3.63) is 76.5 Å². The number of amides is 2. The number of hydrogen-bond acceptors (Lipinski definition) is 15. The van der Waals surface area contributed by atoms with Crippen LogP contribution in [0, 0.1) is 18.3 Å². The summed E-state index contributed by atoms with van der Waals surface area (Å²) < 4.78 is 21.7. The molecule has 13 atom stereocenters. The number of carbonyl (C=O) groups is 4. The van der Waals surface area contributed by atoms with Crippen LogP contribution >= 0.6 is 0 Å². The number of anilines is 1. The molecule has 1 saturated carbocycles. The second-order valence-corrected chi connectivity index (χ2v) is 23.7. The highest BCUT2D eigenvalue weighted by Gasteiger charge is 2.83. The number of aryl methyl sites for hydroxylation is 1. The van der Waals surface area contributed by atoms with Gasteiger partial charge in [0, 0.05) is 98.0 Å². The van der Waals surface area contributed by atoms with Crippen LogP contribution in [0.25, 0.3) is 10.9 Å². The number of H-pyrrole nitrogens is 1. The Hall–Kier alpha value is -4.92. The summed E-state index contributed by atoms with van der Waals surface area (Å²) in [6, 6.07) is 11.2. The number of carbonyl (C=O) groups excluding carboxylic acids is 4. The number of piperidine rings is 1. The summed E-state index contributed by atoms with van der Waals surface area (Å²) in [7, 11) is 1.41. The summed E-state index contributed by atoms with van der Waals surface area (Å²) in [6.07, 6.45) is 6.53. The van der Waals surface area contributed by atoms with Gasteiger partial charge < -0.3 is 49.7 Å². The van der Waals surface area contributed by atoms with E-state index in [1.54, 1.807) is 5.01 Å². The first-order valence-corrected chi connectivity index (χ1v) is 28.4. The van der Waals surface area contributed by atoms with Gasteiger partial charge in [0.1, 0.15) is 24.8 Å². The highest BCUT2D eigenvalue weighted by atomic mass is 16.7. The van der Waals surface area contributed by atoms with Gasteiger partial charge in [-0.15, -0.1) is 0 Å². The molecule has 6 aliphatic heterocycles. The van der Waals surface area contributed by atoms with Gasteiger partial charge in [0.05, 0.1) is 30.6 Å². The van der Waals surface area contributed by atoms with Crippen molar-refractivity contribution in [1.29, 1.82) is 0 Å². The fraction of sp³-hybridized carbons (Fsp3) is 0.661. The quantitative estimate of drug-likeness (QED) is 0.0398. The third-order valence-corrected chi connectivity index (χ3v) is 19.2. The number of aromatic amines is 1. The lowest BCUT2D eigenvalue weighted by atomic mass is 9.48. The van der Waals surface area contributed by atoms with Crippen LogP contribution in [0.4, 0.5) is 5.69 Å². The smallest absolute Gasteiger partial charge is 0.328 e. The molecule has 4 fully saturated rings. The molecule has 18 nitrogen and oxygen atoms in total. The largest absolute Gasteiger partial charge is 0.464 e. The number of hydrazine groups is 1. The monoisotopic (exact) mass is 1070 g/mol. The van der Waals surface area contributed by atoms with Crippen LogP contribution in [-0.2, 0) is 55.4 Å². The normalized spacial score (nSPS) is 33.1. The van der Waals surface area contributed by atoms with Crippen molar-refractivity contribution in [1.82, 2.24) is 25.1 Å². The maximum absolute atomic E-state index is 15.3. The Bertz CT molecular complexity index is 2770. The van der Waals surface area contributed by atoms with Crippen molar-refractivity contribution in [2.45, 2.75) is 171 Å². The Labute approximate surface area is 452 Å². The maximum atomic E-state index is 15.3. The summed E-state index contributed by atoms with van der Waals surface area (Å²) in [4.78, 5) is 62.7. The number of aliphatic hydroxyl groups excluding tert-OH is 2. The van der Waals surface area contributed by atoms with Gasteiger partial charge in [-0.3, -0.25) is 34.2 Å². The van der Waals surface area contributed by atoms with Crippen LogP contribution < -0.4 is 10.3 Å². The van der Waals surface area contributed by atoms with Gasteiger partial charge in [0.25, 0.3) is 5.91 Å². The van der Waals surface area contributed by atoms with E-state index in [-0.39, 0.29) is 64.0 Å². The molecule has 18 heteroatoms. The van der Waals surface area contributed by atoms with Crippen molar-refractivity contribution >= 4 is 40.3 Å². The van der Waals surface area contributed by atoms with Crippen LogP contribution in [0.2, 0.25) is 0 Å². The summed E-state index contributed by atoms with van der Waals surface area (Å²) >= 11 is 0. The molecule has 2 amide bonds. The van der Waals surface area contributed by atoms with Crippen molar-refractivity contribution in [3.8, 4) is 0 Å². The minimum atomic E-state index is -2.18. The van der Waals surface area contributed by atoms with E-state index < -0.39 is 81.8 Å². The molecular weight excluding hydrogens is 985 g/mol. The third kappa shape index (κ3) is 9.10. The second-order valence-electron chi connectivity index (χ2n) is 23.7. The third-order valence-electron chi connectivity index (χ3n) is 19.2. The van der Waals surface area contributed by atoms with E-state index in [1.807, 2.05) is 18.9 Å². The number of para-hydroxylation sites is 1. The highest BCUT2D eigenvalue weighted by molar-refractivity contribution is 5.96. The zero-order valence-electron chi connectivity index (χ0n) is 46.1. The van der Waals surface area contributed by atoms with Crippen molar-refractivity contribution in [2.75, 3.05) is 71.2 Å². The van der Waals surface area contributed by atoms with Gasteiger partial charge in [0.2, 0.25) is 5.91 Å². The molecule has 0 radical (unpaired) electrons. The first kappa shape index (κ1) is 55.4. The van der Waals surface area contributed by atoms with Crippen molar-refractivity contribution in [2.24, 2.45) is 11.3 Å². The summed E-state index contributed by atoms with van der Waals surface area (Å²) in [5.74, 6) is -2.02. The number of aromatic nitrogens is 1. The molecule has 420 valence electrons. The standard InChI is InChI=1S/C59H82N6O12/c1-8-39(33-66)77-48(74-7)34-76-47(68)19-13-18-46(67)60-37(5)50(69)75-27-15-24-64-54(71)59(73)52-58(22-26-63-23-14-21-57(10-3,51(58)63)53(59)70)43-29-42(36(4)28-45(43)65(52)64)55(6)30-38-31-56(72,9-2)35-62(32-38)25-20-41-40-16-11-12-17-44(40)61-49(41)55/h11-12,14,16-17,21,28-29,37-39,48,51-53,61,66,70,72-73H,8-10,13,15,18-20,22-27,30-35H2,1-7H3,(H,60,67)/t37?,38-,39?,48?,51?,52?,53+,55+,56?,57+,58?,59-/m0/s1. The molecule has 10 rings (SSSR count). The van der Waals surface area contributed by atoms with E-state index in [9.17, 15) is 34.8 Å². The first-order valence-electron chi connectivity index (χ1n) is 28.4. The number of rotatable bonds is 20. The Morgan fingerprint density at radius 2 is 1.78 bits per heavy atom. The fourth-order valence-electron chi connectivity index (χ4n) is 15.6. The lowest BCUT2D eigenvalue weighted by molar-refractivity contribution is -0.195. The Morgan fingerprint density at radius 3 is 2.52 bits per heavy atom. The van der Waals surface area contributed by atoms with Gasteiger partial charge in [-0.1, -0.05) is 57.2 Å². The number of esters is 2. The van der Waals surface area contributed by atoms with E-state index in [0.717, 1.165) is 54.8 Å². The van der Waals surface area contributed by atoms with Crippen molar-refractivity contribution < 1.29 is 58.6 Å². The average molecular weight is 1070 g/mol. The minimum Gasteiger partial charge on any atom is -0.464 e. The van der Waals surface area contributed by atoms with Gasteiger partial charge in [-0.25, -0.2) is 4.79 Å². The molecule has 2 bridgehead atoms. The molecule has 7 unspecified atom stereocenters. The second kappa shape index (κ2) is 21.3. The number of hydrogen-bond donors (Lipinski definition) is 6. The molecule has 3 saturated heterocycles. The van der Waals surface area contributed by atoms with Gasteiger partial charge in [-0.2, -0.15) is 0 Å². The van der Waals surface area contributed by atoms with Crippen molar-refractivity contribution in [3.63, 3.8) is 0 Å². The van der Waals surface area contributed by atoms with E-state index >= 15 is 4.79 Å². The molecule has 1 spiro atoms. The SMILES string of the molecule is CCC(CO)OC(COC(=O)CCCC(=O)NC(C)C(=O)OCCCN1C(=O)[C@]2(O)C3N1c1cc(C)c([C@@]4(C)C[C@@H]5C[N@](CCc6c4[nH]c4ccccc64)CC(O)(CC)C5)cc1C31CCN3CC=C[C@](CC)(C31)[C@H]2O)OC. The van der Waals surface area contributed by atoms with Crippen LogP contribution in [-0.4, -0.2) is 178 Å². The molecule has 2 aromatic carbocycles. The summed E-state index contributed by atoms with van der Waals surface area (Å²) in [6.45, 7) is 15.5. The number of aliphatic hydroxyl groups is 4.